The molecule has 162 valence electrons. The molecule has 3 aromatic rings. The molecule has 0 unspecified atom stereocenters. The lowest BCUT2D eigenvalue weighted by atomic mass is 9.98. The standard InChI is InChI=1S/C23H25N3O4S/c1-25-21-10-6-5-9-19(21)20(15-22(25)27)23(28)24-16-17-11-13-26(14-12-17)31(29,30)18-7-3-2-4-8-18/h2-10,15,17H,11-14,16H2,1H3,(H,24,28). The maximum atomic E-state index is 12.8. The van der Waals surface area contributed by atoms with Gasteiger partial charge in [-0.2, -0.15) is 4.31 Å². The smallest absolute Gasteiger partial charge is 0.252 e. The number of nitrogens with one attached hydrogen (secondary N) is 1. The number of aryl methyl sites for hydroxylation is 1. The fourth-order valence-corrected chi connectivity index (χ4v) is 5.52. The Hall–Kier alpha value is -2.97. The molecule has 1 fully saturated rings. The second-order valence-electron chi connectivity index (χ2n) is 7.84. The highest BCUT2D eigenvalue weighted by molar-refractivity contribution is 7.89. The summed E-state index contributed by atoms with van der Waals surface area (Å²) in [6, 6.07) is 17.1. The van der Waals surface area contributed by atoms with E-state index in [1.165, 1.54) is 14.9 Å². The molecule has 2 heterocycles. The van der Waals surface area contributed by atoms with E-state index in [0.717, 1.165) is 5.39 Å². The molecule has 1 aromatic heterocycles. The number of piperidine rings is 1. The molecule has 8 heteroatoms. The highest BCUT2D eigenvalue weighted by Crippen LogP contribution is 2.23. The van der Waals surface area contributed by atoms with Crippen LogP contribution >= 0.6 is 0 Å². The van der Waals surface area contributed by atoms with Crippen LogP contribution in [-0.4, -0.2) is 42.8 Å². The van der Waals surface area contributed by atoms with Gasteiger partial charge in [0.05, 0.1) is 16.0 Å². The molecule has 1 amide bonds. The molecule has 1 aliphatic rings. The van der Waals surface area contributed by atoms with E-state index >= 15 is 0 Å². The highest BCUT2D eigenvalue weighted by Gasteiger charge is 2.29. The van der Waals surface area contributed by atoms with Gasteiger partial charge in [-0.25, -0.2) is 8.42 Å². The lowest BCUT2D eigenvalue weighted by Crippen LogP contribution is -2.41. The van der Waals surface area contributed by atoms with Crippen LogP contribution in [0.5, 0.6) is 0 Å². The minimum absolute atomic E-state index is 0.184. The van der Waals surface area contributed by atoms with E-state index < -0.39 is 10.0 Å². The van der Waals surface area contributed by atoms with Gasteiger partial charge in [-0.05, 0) is 37.0 Å². The van der Waals surface area contributed by atoms with Crippen LogP contribution in [0.1, 0.15) is 23.2 Å². The van der Waals surface area contributed by atoms with Crippen molar-refractivity contribution in [2.75, 3.05) is 19.6 Å². The summed E-state index contributed by atoms with van der Waals surface area (Å²) in [5.74, 6) is -0.0998. The van der Waals surface area contributed by atoms with Gasteiger partial charge in [0.1, 0.15) is 0 Å². The van der Waals surface area contributed by atoms with Crippen LogP contribution in [0.3, 0.4) is 0 Å². The lowest BCUT2D eigenvalue weighted by Gasteiger charge is -2.31. The molecule has 31 heavy (non-hydrogen) atoms. The van der Waals surface area contributed by atoms with Gasteiger partial charge in [-0.1, -0.05) is 36.4 Å². The fraction of sp³-hybridized carbons (Fsp3) is 0.304. The second kappa shape index (κ2) is 8.64. The largest absolute Gasteiger partial charge is 0.352 e. The van der Waals surface area contributed by atoms with E-state index in [4.69, 9.17) is 0 Å². The molecule has 7 nitrogen and oxygen atoms in total. The Labute approximate surface area is 181 Å². The van der Waals surface area contributed by atoms with Crippen molar-refractivity contribution in [3.63, 3.8) is 0 Å². The van der Waals surface area contributed by atoms with Crippen LogP contribution in [0.15, 0.2) is 70.4 Å². The highest BCUT2D eigenvalue weighted by atomic mass is 32.2. The van der Waals surface area contributed by atoms with E-state index in [-0.39, 0.29) is 17.4 Å². The molecule has 0 bridgehead atoms. The Morgan fingerprint density at radius 3 is 2.39 bits per heavy atom. The number of sulfonamides is 1. The van der Waals surface area contributed by atoms with E-state index in [9.17, 15) is 18.0 Å². The minimum atomic E-state index is -3.48. The molecule has 0 saturated carbocycles. The molecule has 0 atom stereocenters. The summed E-state index contributed by atoms with van der Waals surface area (Å²) in [5.41, 5.74) is 0.839. The predicted molar refractivity (Wildman–Crippen MR) is 119 cm³/mol. The summed E-state index contributed by atoms with van der Waals surface area (Å²) >= 11 is 0. The Balaban J connectivity index is 1.40. The number of pyridine rings is 1. The van der Waals surface area contributed by atoms with Crippen molar-refractivity contribution >= 4 is 26.8 Å². The molecule has 4 rings (SSSR count). The molecular formula is C23H25N3O4S. The quantitative estimate of drug-likeness (QED) is 0.661. The molecule has 1 saturated heterocycles. The predicted octanol–water partition coefficient (Wildman–Crippen LogP) is 2.37. The van der Waals surface area contributed by atoms with Gasteiger partial charge in [0.15, 0.2) is 0 Å². The second-order valence-corrected chi connectivity index (χ2v) is 9.78. The first kappa shape index (κ1) is 21.3. The summed E-state index contributed by atoms with van der Waals surface area (Å²) in [4.78, 5) is 25.3. The molecule has 0 radical (unpaired) electrons. The monoisotopic (exact) mass is 439 g/mol. The first-order valence-electron chi connectivity index (χ1n) is 10.3. The average molecular weight is 440 g/mol. The Morgan fingerprint density at radius 1 is 1.03 bits per heavy atom. The number of carbonyl (C=O) groups excluding carboxylic acids is 1. The number of hydrogen-bond donors (Lipinski definition) is 1. The lowest BCUT2D eigenvalue weighted by molar-refractivity contribution is 0.0943. The first-order valence-corrected chi connectivity index (χ1v) is 11.7. The SMILES string of the molecule is Cn1c(=O)cc(C(=O)NCC2CCN(S(=O)(=O)c3ccccc3)CC2)c2ccccc21. The minimum Gasteiger partial charge on any atom is -0.352 e. The van der Waals surface area contributed by atoms with E-state index in [0.29, 0.717) is 48.5 Å². The summed E-state index contributed by atoms with van der Waals surface area (Å²) in [6.07, 6.45) is 1.34. The Morgan fingerprint density at radius 2 is 1.68 bits per heavy atom. The molecule has 1 aliphatic heterocycles. The molecule has 1 N–H and O–H groups in total. The van der Waals surface area contributed by atoms with E-state index in [2.05, 4.69) is 5.32 Å². The van der Waals surface area contributed by atoms with Crippen LogP contribution < -0.4 is 10.9 Å². The van der Waals surface area contributed by atoms with Crippen molar-refractivity contribution in [3.8, 4) is 0 Å². The van der Waals surface area contributed by atoms with Crippen molar-refractivity contribution in [3.05, 3.63) is 76.6 Å². The fourth-order valence-electron chi connectivity index (χ4n) is 4.03. The number of amides is 1. The van der Waals surface area contributed by atoms with Crippen LogP contribution in [0.2, 0.25) is 0 Å². The zero-order valence-electron chi connectivity index (χ0n) is 17.3. The number of nitrogens with zero attached hydrogens (tertiary/aromatic N) is 2. The molecule has 2 aromatic carbocycles. The normalized spacial score (nSPS) is 15.8. The number of hydrogen-bond acceptors (Lipinski definition) is 4. The Kier molecular flexibility index (Phi) is 5.93. The third kappa shape index (κ3) is 4.26. The van der Waals surface area contributed by atoms with Gasteiger partial charge >= 0.3 is 0 Å². The summed E-state index contributed by atoms with van der Waals surface area (Å²) in [6.45, 7) is 1.29. The zero-order chi connectivity index (χ0) is 22.0. The van der Waals surface area contributed by atoms with Crippen LogP contribution in [0, 0.1) is 5.92 Å². The van der Waals surface area contributed by atoms with Crippen LogP contribution in [-0.2, 0) is 17.1 Å². The van der Waals surface area contributed by atoms with Crippen LogP contribution in [0.4, 0.5) is 0 Å². The number of benzene rings is 2. The van der Waals surface area contributed by atoms with Crippen LogP contribution in [0.25, 0.3) is 10.9 Å². The first-order chi connectivity index (χ1) is 14.9. The molecule has 0 spiro atoms. The van der Waals surface area contributed by atoms with E-state index in [1.807, 2.05) is 24.3 Å². The van der Waals surface area contributed by atoms with Gasteiger partial charge in [0.2, 0.25) is 10.0 Å². The average Bonchev–Trinajstić information content (AvgIpc) is 2.80. The molecular weight excluding hydrogens is 414 g/mol. The van der Waals surface area contributed by atoms with Gasteiger partial charge < -0.3 is 9.88 Å². The van der Waals surface area contributed by atoms with Crippen molar-refractivity contribution in [1.29, 1.82) is 0 Å². The third-order valence-corrected chi connectivity index (χ3v) is 7.82. The maximum Gasteiger partial charge on any atom is 0.252 e. The molecule has 0 aliphatic carbocycles. The third-order valence-electron chi connectivity index (χ3n) is 5.90. The Bertz CT molecular complexity index is 1260. The van der Waals surface area contributed by atoms with Crippen molar-refractivity contribution in [2.24, 2.45) is 13.0 Å². The zero-order valence-corrected chi connectivity index (χ0v) is 18.1. The van der Waals surface area contributed by atoms with Gasteiger partial charge in [0, 0.05) is 38.1 Å². The summed E-state index contributed by atoms with van der Waals surface area (Å²) < 4.78 is 28.5. The number of fused-ring (bicyclic) bond motifs is 1. The number of aromatic nitrogens is 1. The number of rotatable bonds is 5. The number of carbonyl (C=O) groups is 1. The van der Waals surface area contributed by atoms with E-state index in [1.54, 1.807) is 37.4 Å². The summed E-state index contributed by atoms with van der Waals surface area (Å²) in [5, 5.41) is 3.67. The van der Waals surface area contributed by atoms with Crippen molar-refractivity contribution < 1.29 is 13.2 Å². The summed E-state index contributed by atoms with van der Waals surface area (Å²) in [7, 11) is -1.80. The van der Waals surface area contributed by atoms with Gasteiger partial charge in [-0.3, -0.25) is 9.59 Å². The number of para-hydroxylation sites is 1. The topological polar surface area (TPSA) is 88.5 Å². The van der Waals surface area contributed by atoms with Crippen molar-refractivity contribution in [1.82, 2.24) is 14.2 Å². The maximum absolute atomic E-state index is 12.8. The van der Waals surface area contributed by atoms with Gasteiger partial charge in [-0.15, -0.1) is 0 Å². The van der Waals surface area contributed by atoms with Crippen molar-refractivity contribution in [2.45, 2.75) is 17.7 Å². The van der Waals surface area contributed by atoms with Gasteiger partial charge in [0.25, 0.3) is 11.5 Å².